The Balaban J connectivity index is 0.00000289. The predicted octanol–water partition coefficient (Wildman–Crippen LogP) is 2.74. The minimum Gasteiger partial charge on any atom is -0.356 e. The molecule has 0 spiro atoms. The van der Waals surface area contributed by atoms with Gasteiger partial charge in [-0.05, 0) is 44.2 Å². The van der Waals surface area contributed by atoms with Gasteiger partial charge in [0.1, 0.15) is 0 Å². The van der Waals surface area contributed by atoms with Gasteiger partial charge in [-0.1, -0.05) is 26.7 Å². The third-order valence-electron chi connectivity index (χ3n) is 3.90. The molecule has 18 heavy (non-hydrogen) atoms. The fraction of sp³-hybridized carbons (Fsp3) is 0.929. The SMILES string of the molecule is CCC(CC)CC(=O)NCCC1CCCNC1.Cl. The number of halogens is 1. The average molecular weight is 277 g/mol. The second kappa shape index (κ2) is 10.6. The Labute approximate surface area is 118 Å². The van der Waals surface area contributed by atoms with Crippen LogP contribution in [0.5, 0.6) is 0 Å². The number of piperidine rings is 1. The van der Waals surface area contributed by atoms with E-state index in [1.807, 2.05) is 0 Å². The monoisotopic (exact) mass is 276 g/mol. The minimum atomic E-state index is 0. The third kappa shape index (κ3) is 7.22. The highest BCUT2D eigenvalue weighted by atomic mass is 35.5. The van der Waals surface area contributed by atoms with Crippen molar-refractivity contribution in [1.29, 1.82) is 0 Å². The highest BCUT2D eigenvalue weighted by Crippen LogP contribution is 2.14. The summed E-state index contributed by atoms with van der Waals surface area (Å²) in [5, 5.41) is 6.47. The second-order valence-electron chi connectivity index (χ2n) is 5.24. The fourth-order valence-corrected chi connectivity index (χ4v) is 2.50. The first kappa shape index (κ1) is 17.7. The first-order valence-electron chi connectivity index (χ1n) is 7.23. The van der Waals surface area contributed by atoms with Crippen LogP contribution >= 0.6 is 12.4 Å². The van der Waals surface area contributed by atoms with Crippen LogP contribution in [0, 0.1) is 11.8 Å². The Kier molecular flexibility index (Phi) is 10.5. The summed E-state index contributed by atoms with van der Waals surface area (Å²) < 4.78 is 0. The molecule has 1 fully saturated rings. The second-order valence-corrected chi connectivity index (χ2v) is 5.24. The van der Waals surface area contributed by atoms with Crippen molar-refractivity contribution in [3.05, 3.63) is 0 Å². The molecule has 1 atom stereocenters. The van der Waals surface area contributed by atoms with Gasteiger partial charge in [0.25, 0.3) is 0 Å². The van der Waals surface area contributed by atoms with E-state index in [2.05, 4.69) is 24.5 Å². The topological polar surface area (TPSA) is 41.1 Å². The largest absolute Gasteiger partial charge is 0.356 e. The van der Waals surface area contributed by atoms with E-state index in [0.29, 0.717) is 12.3 Å². The van der Waals surface area contributed by atoms with Crippen molar-refractivity contribution >= 4 is 18.3 Å². The lowest BCUT2D eigenvalue weighted by Crippen LogP contribution is -2.33. The Hall–Kier alpha value is -0.280. The molecule has 0 bridgehead atoms. The van der Waals surface area contributed by atoms with Gasteiger partial charge in [0, 0.05) is 13.0 Å². The van der Waals surface area contributed by atoms with E-state index in [9.17, 15) is 4.79 Å². The van der Waals surface area contributed by atoms with Gasteiger partial charge in [0.15, 0.2) is 0 Å². The summed E-state index contributed by atoms with van der Waals surface area (Å²) >= 11 is 0. The van der Waals surface area contributed by atoms with Gasteiger partial charge in [0.05, 0.1) is 0 Å². The van der Waals surface area contributed by atoms with Crippen LogP contribution in [0.1, 0.15) is 52.4 Å². The predicted molar refractivity (Wildman–Crippen MR) is 79.2 cm³/mol. The molecule has 108 valence electrons. The lowest BCUT2D eigenvalue weighted by molar-refractivity contribution is -0.122. The molecule has 1 amide bonds. The highest BCUT2D eigenvalue weighted by molar-refractivity contribution is 5.85. The zero-order valence-electron chi connectivity index (χ0n) is 11.8. The summed E-state index contributed by atoms with van der Waals surface area (Å²) in [6.07, 6.45) is 6.65. The first-order valence-corrected chi connectivity index (χ1v) is 7.23. The van der Waals surface area contributed by atoms with Crippen LogP contribution in [-0.4, -0.2) is 25.5 Å². The summed E-state index contributed by atoms with van der Waals surface area (Å²) in [5.41, 5.74) is 0. The van der Waals surface area contributed by atoms with Crippen LogP contribution in [0.2, 0.25) is 0 Å². The number of hydrogen-bond donors (Lipinski definition) is 2. The van der Waals surface area contributed by atoms with Gasteiger partial charge in [-0.3, -0.25) is 4.79 Å². The van der Waals surface area contributed by atoms with E-state index < -0.39 is 0 Å². The molecule has 0 aliphatic carbocycles. The number of carbonyl (C=O) groups excluding carboxylic acids is 1. The molecule has 0 aromatic rings. The molecule has 1 rings (SSSR count). The Morgan fingerprint density at radius 3 is 2.67 bits per heavy atom. The summed E-state index contributed by atoms with van der Waals surface area (Å²) in [6.45, 7) is 7.47. The molecule has 2 N–H and O–H groups in total. The van der Waals surface area contributed by atoms with Crippen molar-refractivity contribution < 1.29 is 4.79 Å². The molecule has 4 heteroatoms. The average Bonchev–Trinajstić information content (AvgIpc) is 2.37. The van der Waals surface area contributed by atoms with Crippen LogP contribution < -0.4 is 10.6 Å². The summed E-state index contributed by atoms with van der Waals surface area (Å²) in [4.78, 5) is 11.7. The van der Waals surface area contributed by atoms with Crippen molar-refractivity contribution in [2.45, 2.75) is 52.4 Å². The summed E-state index contributed by atoms with van der Waals surface area (Å²) in [6, 6.07) is 0. The normalized spacial score (nSPS) is 19.4. The fourth-order valence-electron chi connectivity index (χ4n) is 2.50. The Morgan fingerprint density at radius 1 is 1.39 bits per heavy atom. The summed E-state index contributed by atoms with van der Waals surface area (Å²) in [7, 11) is 0. The smallest absolute Gasteiger partial charge is 0.220 e. The molecule has 0 radical (unpaired) electrons. The van der Waals surface area contributed by atoms with Gasteiger partial charge in [-0.2, -0.15) is 0 Å². The van der Waals surface area contributed by atoms with Gasteiger partial charge < -0.3 is 10.6 Å². The standard InChI is InChI=1S/C14H28N2O.ClH/c1-3-12(4-2)10-14(17)16-9-7-13-6-5-8-15-11-13;/h12-13,15H,3-11H2,1-2H3,(H,16,17);1H. The molecule has 0 aromatic carbocycles. The lowest BCUT2D eigenvalue weighted by Gasteiger charge is -2.22. The number of nitrogens with one attached hydrogen (secondary N) is 2. The van der Waals surface area contributed by atoms with E-state index in [-0.39, 0.29) is 18.3 Å². The molecule has 3 nitrogen and oxygen atoms in total. The van der Waals surface area contributed by atoms with Crippen LogP contribution in [0.15, 0.2) is 0 Å². The Bertz CT molecular complexity index is 214. The number of carbonyl (C=O) groups is 1. The van der Waals surface area contributed by atoms with Gasteiger partial charge in [-0.15, -0.1) is 12.4 Å². The molecule has 1 saturated heterocycles. The number of hydrogen-bond acceptors (Lipinski definition) is 2. The third-order valence-corrected chi connectivity index (χ3v) is 3.90. The highest BCUT2D eigenvalue weighted by Gasteiger charge is 2.13. The molecular formula is C14H29ClN2O. The van der Waals surface area contributed by atoms with Crippen molar-refractivity contribution in [3.8, 4) is 0 Å². The minimum absolute atomic E-state index is 0. The van der Waals surface area contributed by atoms with Crippen molar-refractivity contribution in [3.63, 3.8) is 0 Å². The van der Waals surface area contributed by atoms with E-state index >= 15 is 0 Å². The lowest BCUT2D eigenvalue weighted by atomic mass is 9.96. The van der Waals surface area contributed by atoms with Crippen molar-refractivity contribution in [1.82, 2.24) is 10.6 Å². The molecule has 0 aromatic heterocycles. The van der Waals surface area contributed by atoms with E-state index in [0.717, 1.165) is 44.8 Å². The van der Waals surface area contributed by atoms with Crippen LogP contribution in [-0.2, 0) is 4.79 Å². The maximum absolute atomic E-state index is 11.7. The van der Waals surface area contributed by atoms with Gasteiger partial charge in [-0.25, -0.2) is 0 Å². The quantitative estimate of drug-likeness (QED) is 0.751. The van der Waals surface area contributed by atoms with Crippen LogP contribution in [0.3, 0.4) is 0 Å². The molecule has 1 aliphatic heterocycles. The van der Waals surface area contributed by atoms with E-state index in [1.54, 1.807) is 0 Å². The Morgan fingerprint density at radius 2 is 2.11 bits per heavy atom. The van der Waals surface area contributed by atoms with E-state index in [1.165, 1.54) is 12.8 Å². The van der Waals surface area contributed by atoms with Gasteiger partial charge in [0.2, 0.25) is 5.91 Å². The number of amides is 1. The van der Waals surface area contributed by atoms with Crippen LogP contribution in [0.4, 0.5) is 0 Å². The van der Waals surface area contributed by atoms with Gasteiger partial charge >= 0.3 is 0 Å². The number of rotatable bonds is 7. The zero-order chi connectivity index (χ0) is 12.5. The van der Waals surface area contributed by atoms with Crippen LogP contribution in [0.25, 0.3) is 0 Å². The van der Waals surface area contributed by atoms with Crippen molar-refractivity contribution in [2.75, 3.05) is 19.6 Å². The maximum atomic E-state index is 11.7. The summed E-state index contributed by atoms with van der Waals surface area (Å²) in [5.74, 6) is 1.56. The van der Waals surface area contributed by atoms with E-state index in [4.69, 9.17) is 0 Å². The maximum Gasteiger partial charge on any atom is 0.220 e. The molecule has 0 saturated carbocycles. The zero-order valence-corrected chi connectivity index (χ0v) is 12.7. The van der Waals surface area contributed by atoms with Crippen molar-refractivity contribution in [2.24, 2.45) is 11.8 Å². The molecule has 1 unspecified atom stereocenters. The first-order chi connectivity index (χ1) is 8.26. The molecule has 1 heterocycles. The molecular weight excluding hydrogens is 248 g/mol. The molecule has 1 aliphatic rings.